The highest BCUT2D eigenvalue weighted by Gasteiger charge is 2.20. The van der Waals surface area contributed by atoms with E-state index in [1.807, 2.05) is 0 Å². The molecule has 7 aromatic rings. The summed E-state index contributed by atoms with van der Waals surface area (Å²) < 4.78 is 6.53. The normalized spacial score (nSPS) is 11.6. The summed E-state index contributed by atoms with van der Waals surface area (Å²) in [5, 5.41) is 7.13. The lowest BCUT2D eigenvalue weighted by molar-refractivity contribution is 0.670. The molecule has 0 N–H and O–H groups in total. The van der Waals surface area contributed by atoms with Gasteiger partial charge >= 0.3 is 0 Å². The lowest BCUT2D eigenvalue weighted by atomic mass is 9.99. The molecule has 1 aromatic heterocycles. The highest BCUT2D eigenvalue weighted by atomic mass is 16.3. The predicted molar refractivity (Wildman–Crippen MR) is 148 cm³/mol. The Morgan fingerprint density at radius 1 is 0.514 bits per heavy atom. The Balaban J connectivity index is 1.60. The monoisotopic (exact) mass is 449 g/mol. The van der Waals surface area contributed by atoms with Gasteiger partial charge in [-0.05, 0) is 65.0 Å². The van der Waals surface area contributed by atoms with Crippen LogP contribution in [-0.4, -0.2) is 0 Å². The van der Waals surface area contributed by atoms with Crippen LogP contribution >= 0.6 is 0 Å². The average molecular weight is 450 g/mol. The first-order valence-electron chi connectivity index (χ1n) is 11.9. The van der Waals surface area contributed by atoms with E-state index in [9.17, 15) is 0 Å². The third-order valence-electron chi connectivity index (χ3n) is 6.84. The van der Waals surface area contributed by atoms with Crippen LogP contribution in [0.1, 0.15) is 5.56 Å². The Labute approximate surface area is 203 Å². The molecular formula is C33H23NO. The van der Waals surface area contributed by atoms with Crippen LogP contribution in [0.15, 0.2) is 126 Å². The molecule has 35 heavy (non-hydrogen) atoms. The number of aryl methyl sites for hydroxylation is 1. The molecular weight excluding hydrogens is 426 g/mol. The van der Waals surface area contributed by atoms with Gasteiger partial charge in [0.2, 0.25) is 0 Å². The van der Waals surface area contributed by atoms with Crippen molar-refractivity contribution in [2.45, 2.75) is 6.92 Å². The maximum atomic E-state index is 6.53. The molecule has 0 atom stereocenters. The smallest absolute Gasteiger partial charge is 0.138 e. The van der Waals surface area contributed by atoms with E-state index >= 15 is 0 Å². The van der Waals surface area contributed by atoms with Crippen LogP contribution in [0.2, 0.25) is 0 Å². The maximum Gasteiger partial charge on any atom is 0.138 e. The Hall–Kier alpha value is -4.56. The number of benzene rings is 6. The molecule has 0 amide bonds. The number of hydrogen-bond donors (Lipinski definition) is 0. The van der Waals surface area contributed by atoms with E-state index in [2.05, 4.69) is 133 Å². The molecule has 166 valence electrons. The van der Waals surface area contributed by atoms with E-state index in [1.165, 1.54) is 32.5 Å². The van der Waals surface area contributed by atoms with Gasteiger partial charge < -0.3 is 9.32 Å². The summed E-state index contributed by atoms with van der Waals surface area (Å²) in [5.74, 6) is 0. The molecule has 0 fully saturated rings. The number of anilines is 3. The fraction of sp³-hybridized carbons (Fsp3) is 0.0303. The second-order valence-corrected chi connectivity index (χ2v) is 9.12. The van der Waals surface area contributed by atoms with E-state index in [4.69, 9.17) is 4.42 Å². The molecule has 7 rings (SSSR count). The van der Waals surface area contributed by atoms with Crippen LogP contribution < -0.4 is 4.90 Å². The largest absolute Gasteiger partial charge is 0.456 e. The first kappa shape index (κ1) is 19.9. The van der Waals surface area contributed by atoms with Crippen molar-refractivity contribution in [1.29, 1.82) is 0 Å². The Bertz CT molecular complexity index is 1860. The zero-order chi connectivity index (χ0) is 23.4. The van der Waals surface area contributed by atoms with Crippen LogP contribution in [0.25, 0.3) is 43.5 Å². The van der Waals surface area contributed by atoms with Gasteiger partial charge in [0, 0.05) is 33.6 Å². The number of furan rings is 1. The highest BCUT2D eigenvalue weighted by Crippen LogP contribution is 2.45. The van der Waals surface area contributed by atoms with Crippen LogP contribution in [0.5, 0.6) is 0 Å². The molecule has 2 heteroatoms. The van der Waals surface area contributed by atoms with Gasteiger partial charge in [0.1, 0.15) is 11.2 Å². The zero-order valence-electron chi connectivity index (χ0n) is 19.4. The lowest BCUT2D eigenvalue weighted by Crippen LogP contribution is -2.10. The summed E-state index contributed by atoms with van der Waals surface area (Å²) in [5.41, 5.74) is 6.39. The van der Waals surface area contributed by atoms with Crippen LogP contribution in [0.4, 0.5) is 17.1 Å². The Kier molecular flexibility index (Phi) is 4.40. The minimum atomic E-state index is 0.901. The van der Waals surface area contributed by atoms with E-state index in [0.717, 1.165) is 33.6 Å². The fourth-order valence-corrected chi connectivity index (χ4v) is 5.26. The van der Waals surface area contributed by atoms with Crippen LogP contribution in [-0.2, 0) is 0 Å². The van der Waals surface area contributed by atoms with Crippen molar-refractivity contribution >= 4 is 60.5 Å². The van der Waals surface area contributed by atoms with Crippen molar-refractivity contribution in [1.82, 2.24) is 0 Å². The standard InChI is InChI=1S/C33H23NO/c1-22-10-9-15-26(18-22)34(25-13-3-2-4-14-25)30-21-32-33(28-17-8-7-16-27(28)30)29-19-23-11-5-6-12-24(23)20-31(29)35-32/h2-21H,1H3. The molecule has 0 unspecified atom stereocenters. The predicted octanol–water partition coefficient (Wildman–Crippen LogP) is 9.67. The van der Waals surface area contributed by atoms with E-state index in [-0.39, 0.29) is 0 Å². The third kappa shape index (κ3) is 3.18. The van der Waals surface area contributed by atoms with Gasteiger partial charge in [0.05, 0.1) is 5.69 Å². The summed E-state index contributed by atoms with van der Waals surface area (Å²) in [6, 6.07) is 43.0. The molecule has 0 radical (unpaired) electrons. The fourth-order valence-electron chi connectivity index (χ4n) is 5.26. The van der Waals surface area contributed by atoms with Crippen molar-refractivity contribution in [3.8, 4) is 0 Å². The lowest BCUT2D eigenvalue weighted by Gasteiger charge is -2.27. The second-order valence-electron chi connectivity index (χ2n) is 9.12. The number of fused-ring (bicyclic) bond motifs is 6. The molecule has 0 saturated heterocycles. The summed E-state index contributed by atoms with van der Waals surface area (Å²) in [6.45, 7) is 2.14. The first-order valence-corrected chi connectivity index (χ1v) is 11.9. The first-order chi connectivity index (χ1) is 17.3. The van der Waals surface area contributed by atoms with E-state index < -0.39 is 0 Å². The van der Waals surface area contributed by atoms with Gasteiger partial charge in [-0.25, -0.2) is 0 Å². The highest BCUT2D eigenvalue weighted by molar-refractivity contribution is 6.23. The van der Waals surface area contributed by atoms with Crippen molar-refractivity contribution in [2.24, 2.45) is 0 Å². The number of rotatable bonds is 3. The van der Waals surface area contributed by atoms with Crippen molar-refractivity contribution < 1.29 is 4.42 Å². The van der Waals surface area contributed by atoms with Crippen molar-refractivity contribution in [2.75, 3.05) is 4.90 Å². The average Bonchev–Trinajstić information content (AvgIpc) is 3.25. The molecule has 0 aliphatic rings. The molecule has 0 saturated carbocycles. The Morgan fingerprint density at radius 2 is 1.20 bits per heavy atom. The molecule has 0 spiro atoms. The quantitative estimate of drug-likeness (QED) is 0.267. The molecule has 1 heterocycles. The Morgan fingerprint density at radius 3 is 2.00 bits per heavy atom. The molecule has 0 aliphatic heterocycles. The summed E-state index contributed by atoms with van der Waals surface area (Å²) in [7, 11) is 0. The van der Waals surface area contributed by atoms with Gasteiger partial charge in [-0.2, -0.15) is 0 Å². The second kappa shape index (κ2) is 7.75. The van der Waals surface area contributed by atoms with Crippen LogP contribution in [0.3, 0.4) is 0 Å². The van der Waals surface area contributed by atoms with Crippen molar-refractivity contribution in [3.05, 3.63) is 127 Å². The SMILES string of the molecule is Cc1cccc(N(c2ccccc2)c2cc3oc4cc5ccccc5cc4c3c3ccccc23)c1. The summed E-state index contributed by atoms with van der Waals surface area (Å²) >= 11 is 0. The zero-order valence-corrected chi connectivity index (χ0v) is 19.4. The molecule has 0 aliphatic carbocycles. The molecule has 2 nitrogen and oxygen atoms in total. The van der Waals surface area contributed by atoms with Crippen molar-refractivity contribution in [3.63, 3.8) is 0 Å². The minimum Gasteiger partial charge on any atom is -0.456 e. The molecule has 0 bridgehead atoms. The van der Waals surface area contributed by atoms with Gasteiger partial charge in [-0.15, -0.1) is 0 Å². The van der Waals surface area contributed by atoms with Crippen LogP contribution in [0, 0.1) is 6.92 Å². The van der Waals surface area contributed by atoms with Gasteiger partial charge in [-0.3, -0.25) is 0 Å². The van der Waals surface area contributed by atoms with Gasteiger partial charge in [0.15, 0.2) is 0 Å². The number of nitrogens with zero attached hydrogens (tertiary/aromatic N) is 1. The topological polar surface area (TPSA) is 16.4 Å². The van der Waals surface area contributed by atoms with Gasteiger partial charge in [-0.1, -0.05) is 78.9 Å². The van der Waals surface area contributed by atoms with E-state index in [0.29, 0.717) is 0 Å². The van der Waals surface area contributed by atoms with Gasteiger partial charge in [0.25, 0.3) is 0 Å². The number of para-hydroxylation sites is 1. The third-order valence-corrected chi connectivity index (χ3v) is 6.84. The number of hydrogen-bond acceptors (Lipinski definition) is 2. The maximum absolute atomic E-state index is 6.53. The summed E-state index contributed by atoms with van der Waals surface area (Å²) in [4.78, 5) is 2.33. The summed E-state index contributed by atoms with van der Waals surface area (Å²) in [6.07, 6.45) is 0. The molecule has 6 aromatic carbocycles. The van der Waals surface area contributed by atoms with E-state index in [1.54, 1.807) is 0 Å². The minimum absolute atomic E-state index is 0.901.